The Kier molecular flexibility index (Phi) is 7.41. The lowest BCUT2D eigenvalue weighted by Crippen LogP contribution is -2.72. The standard InChI is InChI=1S/C28H31F3N4O2/c1-18-9-10-21(13-19(18)2)25(34-20(3)36)27(22-7-5-4-6-8-22,35-26(15-32)16-37-17-26)23-11-12-24(33-14-23)28(29,30)31/h4-14,25,35H,15-17,32H2,1-3H3,(H,34,36)/t25-,27-/m0/s1. The number of rotatable bonds is 8. The Morgan fingerprint density at radius 3 is 2.24 bits per heavy atom. The number of pyridine rings is 1. The van der Waals surface area contributed by atoms with E-state index >= 15 is 0 Å². The largest absolute Gasteiger partial charge is 0.433 e. The molecule has 2 heterocycles. The summed E-state index contributed by atoms with van der Waals surface area (Å²) >= 11 is 0. The predicted molar refractivity (Wildman–Crippen MR) is 135 cm³/mol. The number of nitrogens with zero attached hydrogens (tertiary/aromatic N) is 1. The smallest absolute Gasteiger partial charge is 0.377 e. The minimum absolute atomic E-state index is 0.218. The van der Waals surface area contributed by atoms with E-state index in [4.69, 9.17) is 10.5 Å². The third kappa shape index (κ3) is 5.25. The van der Waals surface area contributed by atoms with Crippen LogP contribution in [0.3, 0.4) is 0 Å². The molecule has 0 radical (unpaired) electrons. The van der Waals surface area contributed by atoms with Crippen molar-refractivity contribution in [2.24, 2.45) is 5.73 Å². The van der Waals surface area contributed by atoms with Gasteiger partial charge in [-0.3, -0.25) is 15.1 Å². The molecule has 1 aliphatic heterocycles. The van der Waals surface area contributed by atoms with Crippen molar-refractivity contribution in [1.29, 1.82) is 0 Å². The van der Waals surface area contributed by atoms with Crippen molar-refractivity contribution in [3.8, 4) is 0 Å². The van der Waals surface area contributed by atoms with E-state index in [9.17, 15) is 18.0 Å². The summed E-state index contributed by atoms with van der Waals surface area (Å²) in [7, 11) is 0. The molecule has 6 nitrogen and oxygen atoms in total. The summed E-state index contributed by atoms with van der Waals surface area (Å²) in [5.41, 5.74) is 7.34. The lowest BCUT2D eigenvalue weighted by molar-refractivity contribution is -0.141. The van der Waals surface area contributed by atoms with Crippen LogP contribution in [0.25, 0.3) is 0 Å². The van der Waals surface area contributed by atoms with Gasteiger partial charge in [0.15, 0.2) is 0 Å². The van der Waals surface area contributed by atoms with E-state index in [2.05, 4.69) is 15.6 Å². The number of halogens is 3. The highest BCUT2D eigenvalue weighted by atomic mass is 19.4. The molecule has 0 aliphatic carbocycles. The maximum absolute atomic E-state index is 13.4. The first-order valence-corrected chi connectivity index (χ1v) is 12.0. The number of alkyl halides is 3. The maximum Gasteiger partial charge on any atom is 0.433 e. The Bertz CT molecular complexity index is 1240. The van der Waals surface area contributed by atoms with E-state index in [1.54, 1.807) is 0 Å². The van der Waals surface area contributed by atoms with Gasteiger partial charge in [0, 0.05) is 19.7 Å². The number of benzene rings is 2. The SMILES string of the molecule is CC(=O)N[C@@H](c1ccc(C)c(C)c1)[C@](NC1(CN)COC1)(c1ccccc1)c1ccc(C(F)(F)F)nc1. The molecule has 9 heteroatoms. The normalized spacial score (nSPS) is 17.4. The number of hydrogen-bond donors (Lipinski definition) is 3. The molecule has 1 aromatic heterocycles. The number of hydrogen-bond acceptors (Lipinski definition) is 5. The molecular formula is C28H31F3N4O2. The van der Waals surface area contributed by atoms with Crippen molar-refractivity contribution >= 4 is 5.91 Å². The molecule has 1 aliphatic rings. The fourth-order valence-corrected chi connectivity index (χ4v) is 4.81. The molecule has 0 spiro atoms. The number of amides is 1. The molecule has 1 saturated heterocycles. The van der Waals surface area contributed by atoms with Gasteiger partial charge in [0.05, 0.1) is 30.3 Å². The number of aromatic nitrogens is 1. The second-order valence-electron chi connectivity index (χ2n) is 9.68. The van der Waals surface area contributed by atoms with Crippen LogP contribution in [0.2, 0.25) is 0 Å². The van der Waals surface area contributed by atoms with E-state index in [1.807, 2.05) is 62.4 Å². The zero-order chi connectivity index (χ0) is 26.8. The Hall–Kier alpha value is -3.27. The van der Waals surface area contributed by atoms with Gasteiger partial charge in [-0.15, -0.1) is 0 Å². The fourth-order valence-electron chi connectivity index (χ4n) is 4.81. The Morgan fingerprint density at radius 1 is 1.05 bits per heavy atom. The predicted octanol–water partition coefficient (Wildman–Crippen LogP) is 4.16. The number of carbonyl (C=O) groups is 1. The lowest BCUT2D eigenvalue weighted by Gasteiger charge is -2.52. The minimum Gasteiger partial charge on any atom is -0.377 e. The quantitative estimate of drug-likeness (QED) is 0.422. The van der Waals surface area contributed by atoms with Gasteiger partial charge in [-0.2, -0.15) is 13.2 Å². The molecule has 3 aromatic rings. The van der Waals surface area contributed by atoms with Crippen LogP contribution in [0.4, 0.5) is 13.2 Å². The van der Waals surface area contributed by atoms with Crippen LogP contribution < -0.4 is 16.4 Å². The average Bonchev–Trinajstić information content (AvgIpc) is 2.85. The van der Waals surface area contributed by atoms with Crippen LogP contribution in [0.15, 0.2) is 66.9 Å². The van der Waals surface area contributed by atoms with Gasteiger partial charge < -0.3 is 15.8 Å². The highest BCUT2D eigenvalue weighted by Crippen LogP contribution is 2.44. The van der Waals surface area contributed by atoms with Crippen molar-refractivity contribution in [3.63, 3.8) is 0 Å². The highest BCUT2D eigenvalue weighted by molar-refractivity contribution is 5.74. The summed E-state index contributed by atoms with van der Waals surface area (Å²) in [5.74, 6) is -0.295. The molecule has 196 valence electrons. The van der Waals surface area contributed by atoms with E-state index in [-0.39, 0.29) is 12.5 Å². The van der Waals surface area contributed by atoms with Gasteiger partial charge in [-0.25, -0.2) is 0 Å². The van der Waals surface area contributed by atoms with E-state index in [0.29, 0.717) is 18.8 Å². The molecule has 1 fully saturated rings. The fraction of sp³-hybridized carbons (Fsp3) is 0.357. The van der Waals surface area contributed by atoms with Gasteiger partial charge in [0.25, 0.3) is 0 Å². The van der Waals surface area contributed by atoms with E-state index in [1.165, 1.54) is 19.2 Å². The second-order valence-corrected chi connectivity index (χ2v) is 9.68. The van der Waals surface area contributed by atoms with Gasteiger partial charge in [0.1, 0.15) is 5.69 Å². The Labute approximate surface area is 214 Å². The van der Waals surface area contributed by atoms with Crippen molar-refractivity contribution < 1.29 is 22.7 Å². The van der Waals surface area contributed by atoms with Gasteiger partial charge in [-0.1, -0.05) is 54.6 Å². The number of nitrogens with two attached hydrogens (primary N) is 1. The van der Waals surface area contributed by atoms with Gasteiger partial charge in [0.2, 0.25) is 5.91 Å². The molecule has 37 heavy (non-hydrogen) atoms. The number of nitrogens with one attached hydrogen (secondary N) is 2. The van der Waals surface area contributed by atoms with Crippen molar-refractivity contribution in [2.45, 2.75) is 44.1 Å². The highest BCUT2D eigenvalue weighted by Gasteiger charge is 2.51. The monoisotopic (exact) mass is 512 g/mol. The topological polar surface area (TPSA) is 89.3 Å². The Balaban J connectivity index is 2.04. The third-order valence-electron chi connectivity index (χ3n) is 6.99. The van der Waals surface area contributed by atoms with Gasteiger partial charge >= 0.3 is 6.18 Å². The molecule has 4 rings (SSSR count). The molecular weight excluding hydrogens is 481 g/mol. The van der Waals surface area contributed by atoms with Crippen LogP contribution in [0.5, 0.6) is 0 Å². The second kappa shape index (κ2) is 10.2. The number of aryl methyl sites for hydroxylation is 2. The van der Waals surface area contributed by atoms with Gasteiger partial charge in [-0.05, 0) is 47.7 Å². The summed E-state index contributed by atoms with van der Waals surface area (Å²) in [6.45, 7) is 6.22. The summed E-state index contributed by atoms with van der Waals surface area (Å²) in [6.07, 6.45) is -3.37. The minimum atomic E-state index is -4.59. The molecule has 1 amide bonds. The zero-order valence-electron chi connectivity index (χ0n) is 21.0. The molecule has 2 aromatic carbocycles. The van der Waals surface area contributed by atoms with Crippen molar-refractivity contribution in [3.05, 3.63) is 100 Å². The summed E-state index contributed by atoms with van der Waals surface area (Å²) in [6, 6.07) is 16.8. The van der Waals surface area contributed by atoms with Crippen LogP contribution in [-0.2, 0) is 21.2 Å². The summed E-state index contributed by atoms with van der Waals surface area (Å²) < 4.78 is 45.8. The van der Waals surface area contributed by atoms with Crippen LogP contribution in [0.1, 0.15) is 46.5 Å². The van der Waals surface area contributed by atoms with E-state index < -0.39 is 29.0 Å². The molecule has 0 saturated carbocycles. The van der Waals surface area contributed by atoms with Crippen molar-refractivity contribution in [1.82, 2.24) is 15.6 Å². The molecule has 0 unspecified atom stereocenters. The average molecular weight is 513 g/mol. The van der Waals surface area contributed by atoms with Crippen LogP contribution in [-0.4, -0.2) is 36.2 Å². The van der Waals surface area contributed by atoms with Crippen molar-refractivity contribution in [2.75, 3.05) is 19.8 Å². The summed E-state index contributed by atoms with van der Waals surface area (Å²) in [5, 5.41) is 6.76. The molecule has 0 bridgehead atoms. The van der Waals surface area contributed by atoms with Crippen LogP contribution in [0, 0.1) is 13.8 Å². The first-order chi connectivity index (χ1) is 17.5. The Morgan fingerprint density at radius 2 is 1.76 bits per heavy atom. The third-order valence-corrected chi connectivity index (χ3v) is 6.99. The van der Waals surface area contributed by atoms with E-state index in [0.717, 1.165) is 28.3 Å². The summed E-state index contributed by atoms with van der Waals surface area (Å²) in [4.78, 5) is 16.4. The maximum atomic E-state index is 13.4. The number of ether oxygens (including phenoxy) is 1. The molecule has 2 atom stereocenters. The first-order valence-electron chi connectivity index (χ1n) is 12.0. The molecule has 4 N–H and O–H groups in total. The number of carbonyl (C=O) groups excluding carboxylic acids is 1. The lowest BCUT2D eigenvalue weighted by atomic mass is 9.72. The first kappa shape index (κ1) is 26.8. The van der Waals surface area contributed by atoms with Crippen LogP contribution >= 0.6 is 0 Å². The zero-order valence-corrected chi connectivity index (χ0v) is 21.0.